The molecule has 1 atom stereocenters. The molecule has 0 spiro atoms. The Hall–Kier alpha value is -1.50. The van der Waals surface area contributed by atoms with E-state index in [0.29, 0.717) is 0 Å². The van der Waals surface area contributed by atoms with Gasteiger partial charge in [-0.3, -0.25) is 5.32 Å². The molecule has 8 heteroatoms. The Labute approximate surface area is 101 Å². The highest BCUT2D eigenvalue weighted by Crippen LogP contribution is 2.12. The summed E-state index contributed by atoms with van der Waals surface area (Å²) in [6, 6.07) is 0. The second-order valence-corrected chi connectivity index (χ2v) is 3.50. The Kier molecular flexibility index (Phi) is 5.02. The predicted octanol–water partition coefficient (Wildman–Crippen LogP) is 2.57. The molecule has 0 aliphatic carbocycles. The van der Waals surface area contributed by atoms with Crippen molar-refractivity contribution in [1.82, 2.24) is 9.97 Å². The van der Waals surface area contributed by atoms with Crippen molar-refractivity contribution >= 4 is 23.5 Å². The molecule has 0 aromatic carbocycles. The van der Waals surface area contributed by atoms with Crippen LogP contribution in [0.4, 0.5) is 19.4 Å². The van der Waals surface area contributed by atoms with Gasteiger partial charge in [0, 0.05) is 6.42 Å². The lowest BCUT2D eigenvalue weighted by Crippen LogP contribution is -2.17. The maximum absolute atomic E-state index is 13.1. The van der Waals surface area contributed by atoms with E-state index in [1.807, 2.05) is 5.32 Å². The molecule has 1 rings (SSSR count). The number of hydrogen-bond acceptors (Lipinski definition) is 4. The largest absolute Gasteiger partial charge is 0.449 e. The lowest BCUT2D eigenvalue weighted by Gasteiger charge is -2.07. The number of nitrogens with zero attached hydrogens (tertiary/aromatic N) is 2. The standard InChI is InChI=1S/C9H10ClF2N3O2/c1-5(11)2-3-17-9(16)15-7-6(12)4-13-8(10)14-7/h4-5H,2-3H2,1H3,(H,13,14,15,16). The molecule has 17 heavy (non-hydrogen) atoms. The summed E-state index contributed by atoms with van der Waals surface area (Å²) >= 11 is 5.42. The number of aromatic nitrogens is 2. The molecule has 0 aliphatic heterocycles. The molecule has 0 aliphatic rings. The predicted molar refractivity (Wildman–Crippen MR) is 57.2 cm³/mol. The number of anilines is 1. The van der Waals surface area contributed by atoms with Crippen molar-refractivity contribution in [2.24, 2.45) is 0 Å². The number of carbonyl (C=O) groups excluding carboxylic acids is 1. The third-order valence-corrected chi connectivity index (χ3v) is 1.87. The number of halogens is 3. The molecule has 0 saturated carbocycles. The van der Waals surface area contributed by atoms with Gasteiger partial charge in [-0.1, -0.05) is 0 Å². The lowest BCUT2D eigenvalue weighted by molar-refractivity contribution is 0.149. The first kappa shape index (κ1) is 13.6. The third kappa shape index (κ3) is 4.90. The highest BCUT2D eigenvalue weighted by Gasteiger charge is 2.11. The first-order valence-corrected chi connectivity index (χ1v) is 5.12. The average Bonchev–Trinajstić information content (AvgIpc) is 2.23. The molecule has 94 valence electrons. The van der Waals surface area contributed by atoms with E-state index in [4.69, 9.17) is 11.6 Å². The fourth-order valence-corrected chi connectivity index (χ4v) is 1.01. The maximum Gasteiger partial charge on any atom is 0.412 e. The molecule has 0 bridgehead atoms. The van der Waals surface area contributed by atoms with Gasteiger partial charge in [0.1, 0.15) is 6.17 Å². The number of alkyl halides is 1. The van der Waals surface area contributed by atoms with E-state index in [9.17, 15) is 13.6 Å². The zero-order valence-corrected chi connectivity index (χ0v) is 9.67. The smallest absolute Gasteiger partial charge is 0.412 e. The summed E-state index contributed by atoms with van der Waals surface area (Å²) in [7, 11) is 0. The second kappa shape index (κ2) is 6.29. The summed E-state index contributed by atoms with van der Waals surface area (Å²) in [5.41, 5.74) is 0. The Bertz CT molecular complexity index is 404. The summed E-state index contributed by atoms with van der Waals surface area (Å²) in [5, 5.41) is 1.82. The van der Waals surface area contributed by atoms with E-state index in [2.05, 4.69) is 14.7 Å². The number of carbonyl (C=O) groups is 1. The number of ether oxygens (including phenoxy) is 1. The topological polar surface area (TPSA) is 64.1 Å². The molecule has 1 N–H and O–H groups in total. The summed E-state index contributed by atoms with van der Waals surface area (Å²) < 4.78 is 30.0. The van der Waals surface area contributed by atoms with Crippen LogP contribution in [-0.2, 0) is 4.74 Å². The molecule has 1 heterocycles. The van der Waals surface area contributed by atoms with E-state index in [1.165, 1.54) is 6.92 Å². The number of hydrogen-bond donors (Lipinski definition) is 1. The summed E-state index contributed by atoms with van der Waals surface area (Å²) in [4.78, 5) is 18.0. The summed E-state index contributed by atoms with van der Waals surface area (Å²) in [6.45, 7) is 1.23. The van der Waals surface area contributed by atoms with Gasteiger partial charge >= 0.3 is 6.09 Å². The zero-order chi connectivity index (χ0) is 12.8. The quantitative estimate of drug-likeness (QED) is 0.850. The van der Waals surface area contributed by atoms with E-state index >= 15 is 0 Å². The van der Waals surface area contributed by atoms with Crippen LogP contribution in [-0.4, -0.2) is 28.8 Å². The molecular weight excluding hydrogens is 256 g/mol. The molecule has 0 saturated heterocycles. The second-order valence-electron chi connectivity index (χ2n) is 3.17. The van der Waals surface area contributed by atoms with E-state index in [1.54, 1.807) is 0 Å². The Balaban J connectivity index is 2.47. The van der Waals surface area contributed by atoms with Crippen molar-refractivity contribution in [2.75, 3.05) is 11.9 Å². The first-order chi connectivity index (χ1) is 7.99. The fraction of sp³-hybridized carbons (Fsp3) is 0.444. The first-order valence-electron chi connectivity index (χ1n) is 4.75. The number of amides is 1. The SMILES string of the molecule is CC(F)CCOC(=O)Nc1nc(Cl)ncc1F. The van der Waals surface area contributed by atoms with E-state index in [0.717, 1.165) is 6.20 Å². The van der Waals surface area contributed by atoms with Gasteiger partial charge < -0.3 is 4.74 Å². The molecule has 1 aromatic heterocycles. The van der Waals surface area contributed by atoms with Crippen molar-refractivity contribution in [3.05, 3.63) is 17.3 Å². The number of rotatable bonds is 4. The molecule has 1 amide bonds. The Morgan fingerprint density at radius 2 is 2.41 bits per heavy atom. The summed E-state index contributed by atoms with van der Waals surface area (Å²) in [6.07, 6.45) is -1.12. The summed E-state index contributed by atoms with van der Waals surface area (Å²) in [5.74, 6) is -1.23. The van der Waals surface area contributed by atoms with Crippen molar-refractivity contribution in [2.45, 2.75) is 19.5 Å². The Morgan fingerprint density at radius 3 is 3.06 bits per heavy atom. The van der Waals surface area contributed by atoms with Crippen LogP contribution in [0.25, 0.3) is 0 Å². The van der Waals surface area contributed by atoms with Crippen molar-refractivity contribution < 1.29 is 18.3 Å². The Morgan fingerprint density at radius 1 is 1.71 bits per heavy atom. The van der Waals surface area contributed by atoms with Crippen LogP contribution in [0.5, 0.6) is 0 Å². The third-order valence-electron chi connectivity index (χ3n) is 1.68. The van der Waals surface area contributed by atoms with Gasteiger partial charge in [-0.15, -0.1) is 0 Å². The molecule has 1 aromatic rings. The van der Waals surface area contributed by atoms with Gasteiger partial charge in [0.2, 0.25) is 5.28 Å². The average molecular weight is 266 g/mol. The van der Waals surface area contributed by atoms with Gasteiger partial charge in [0.25, 0.3) is 0 Å². The van der Waals surface area contributed by atoms with Gasteiger partial charge in [-0.05, 0) is 18.5 Å². The van der Waals surface area contributed by atoms with Crippen molar-refractivity contribution in [3.8, 4) is 0 Å². The maximum atomic E-state index is 13.1. The van der Waals surface area contributed by atoms with Crippen LogP contribution in [0.15, 0.2) is 6.20 Å². The normalized spacial score (nSPS) is 12.0. The van der Waals surface area contributed by atoms with Crippen LogP contribution < -0.4 is 5.32 Å². The van der Waals surface area contributed by atoms with Gasteiger partial charge in [-0.25, -0.2) is 18.6 Å². The van der Waals surface area contributed by atoms with Crippen molar-refractivity contribution in [3.63, 3.8) is 0 Å². The van der Waals surface area contributed by atoms with Crippen LogP contribution in [0.2, 0.25) is 5.28 Å². The van der Waals surface area contributed by atoms with Gasteiger partial charge in [0.05, 0.1) is 12.8 Å². The van der Waals surface area contributed by atoms with Crippen LogP contribution >= 0.6 is 11.6 Å². The molecule has 0 fully saturated rings. The van der Waals surface area contributed by atoms with Crippen molar-refractivity contribution in [1.29, 1.82) is 0 Å². The van der Waals surface area contributed by atoms with E-state index in [-0.39, 0.29) is 24.1 Å². The molecule has 5 nitrogen and oxygen atoms in total. The van der Waals surface area contributed by atoms with E-state index < -0.39 is 18.1 Å². The number of nitrogens with one attached hydrogen (secondary N) is 1. The fourth-order valence-electron chi connectivity index (χ4n) is 0.880. The zero-order valence-electron chi connectivity index (χ0n) is 8.91. The lowest BCUT2D eigenvalue weighted by atomic mass is 10.3. The minimum atomic E-state index is -1.08. The highest BCUT2D eigenvalue weighted by molar-refractivity contribution is 6.28. The van der Waals surface area contributed by atoms with Gasteiger partial charge in [-0.2, -0.15) is 4.98 Å². The van der Waals surface area contributed by atoms with Crippen LogP contribution in [0, 0.1) is 5.82 Å². The highest BCUT2D eigenvalue weighted by atomic mass is 35.5. The van der Waals surface area contributed by atoms with Crippen LogP contribution in [0.1, 0.15) is 13.3 Å². The van der Waals surface area contributed by atoms with Gasteiger partial charge in [0.15, 0.2) is 11.6 Å². The minimum Gasteiger partial charge on any atom is -0.449 e. The molecule has 0 radical (unpaired) electrons. The minimum absolute atomic E-state index is 0.0699. The van der Waals surface area contributed by atoms with Crippen LogP contribution in [0.3, 0.4) is 0 Å². The molecule has 1 unspecified atom stereocenters. The molecular formula is C9H10ClF2N3O2. The monoisotopic (exact) mass is 265 g/mol.